The van der Waals surface area contributed by atoms with Gasteiger partial charge >= 0.3 is 0 Å². The number of carbonyl (C=O) groups excluding carboxylic acids is 2. The third-order valence-corrected chi connectivity index (χ3v) is 4.06. The lowest BCUT2D eigenvalue weighted by molar-refractivity contribution is -0.137. The standard InChI is InChI=1S/C16H20F2N2O2/c17-13-6-3-7-14(18)12(13)8-9-16(22)20(10-15(19)21)11-4-1-2-5-11/h3,6-7,11H,1-2,4-5,8-10H2,(H2,19,21). The fourth-order valence-electron chi connectivity index (χ4n) is 2.95. The van der Waals surface area contributed by atoms with Crippen molar-refractivity contribution in [3.63, 3.8) is 0 Å². The van der Waals surface area contributed by atoms with Crippen LogP contribution in [0.3, 0.4) is 0 Å². The predicted molar refractivity (Wildman–Crippen MR) is 77.8 cm³/mol. The molecule has 22 heavy (non-hydrogen) atoms. The maximum atomic E-state index is 13.6. The molecule has 4 nitrogen and oxygen atoms in total. The van der Waals surface area contributed by atoms with E-state index in [1.807, 2.05) is 0 Å². The fraction of sp³-hybridized carbons (Fsp3) is 0.500. The summed E-state index contributed by atoms with van der Waals surface area (Å²) in [4.78, 5) is 25.0. The molecule has 2 rings (SSSR count). The lowest BCUT2D eigenvalue weighted by Crippen LogP contribution is -2.44. The summed E-state index contributed by atoms with van der Waals surface area (Å²) in [5, 5.41) is 0. The van der Waals surface area contributed by atoms with Gasteiger partial charge in [0, 0.05) is 18.0 Å². The van der Waals surface area contributed by atoms with Crippen LogP contribution in [-0.4, -0.2) is 29.3 Å². The van der Waals surface area contributed by atoms with Crippen molar-refractivity contribution >= 4 is 11.8 Å². The molecule has 1 fully saturated rings. The molecule has 0 bridgehead atoms. The molecule has 0 spiro atoms. The second-order valence-electron chi connectivity index (χ2n) is 5.63. The Morgan fingerprint density at radius 3 is 2.32 bits per heavy atom. The number of amides is 2. The first-order chi connectivity index (χ1) is 10.5. The van der Waals surface area contributed by atoms with Crippen LogP contribution in [0.25, 0.3) is 0 Å². The number of halogens is 2. The van der Waals surface area contributed by atoms with Gasteiger partial charge in [0.05, 0.1) is 6.54 Å². The van der Waals surface area contributed by atoms with Gasteiger partial charge in [-0.25, -0.2) is 8.78 Å². The van der Waals surface area contributed by atoms with Crippen LogP contribution in [0.15, 0.2) is 18.2 Å². The van der Waals surface area contributed by atoms with Gasteiger partial charge in [-0.2, -0.15) is 0 Å². The first kappa shape index (κ1) is 16.4. The molecule has 2 amide bonds. The first-order valence-corrected chi connectivity index (χ1v) is 7.49. The fourth-order valence-corrected chi connectivity index (χ4v) is 2.95. The number of carbonyl (C=O) groups is 2. The van der Waals surface area contributed by atoms with E-state index in [9.17, 15) is 18.4 Å². The Morgan fingerprint density at radius 2 is 1.77 bits per heavy atom. The highest BCUT2D eigenvalue weighted by Gasteiger charge is 2.27. The van der Waals surface area contributed by atoms with Crippen LogP contribution in [0.2, 0.25) is 0 Å². The third kappa shape index (κ3) is 4.02. The number of hydrogen-bond acceptors (Lipinski definition) is 2. The largest absolute Gasteiger partial charge is 0.368 e. The summed E-state index contributed by atoms with van der Waals surface area (Å²) in [7, 11) is 0. The molecule has 1 saturated carbocycles. The Balaban J connectivity index is 2.03. The Hall–Kier alpha value is -1.98. The summed E-state index contributed by atoms with van der Waals surface area (Å²) in [6.07, 6.45) is 3.63. The van der Waals surface area contributed by atoms with Crippen molar-refractivity contribution in [2.24, 2.45) is 5.73 Å². The van der Waals surface area contributed by atoms with Crippen LogP contribution in [0.4, 0.5) is 8.78 Å². The van der Waals surface area contributed by atoms with Crippen LogP contribution in [-0.2, 0) is 16.0 Å². The van der Waals surface area contributed by atoms with Crippen LogP contribution in [0.5, 0.6) is 0 Å². The van der Waals surface area contributed by atoms with E-state index in [2.05, 4.69) is 0 Å². The molecule has 1 aromatic rings. The van der Waals surface area contributed by atoms with Crippen molar-refractivity contribution in [2.45, 2.75) is 44.6 Å². The predicted octanol–water partition coefficient (Wildman–Crippen LogP) is 2.15. The monoisotopic (exact) mass is 310 g/mol. The number of nitrogens with two attached hydrogens (primary N) is 1. The van der Waals surface area contributed by atoms with Gasteiger partial charge in [-0.05, 0) is 31.4 Å². The van der Waals surface area contributed by atoms with Crippen LogP contribution in [0, 0.1) is 11.6 Å². The first-order valence-electron chi connectivity index (χ1n) is 7.49. The van der Waals surface area contributed by atoms with E-state index in [-0.39, 0.29) is 36.9 Å². The van der Waals surface area contributed by atoms with E-state index in [4.69, 9.17) is 5.73 Å². The molecular formula is C16H20F2N2O2. The van der Waals surface area contributed by atoms with Crippen molar-refractivity contribution in [3.05, 3.63) is 35.4 Å². The number of primary amides is 1. The van der Waals surface area contributed by atoms with Gasteiger partial charge < -0.3 is 10.6 Å². The van der Waals surface area contributed by atoms with Crippen molar-refractivity contribution in [1.29, 1.82) is 0 Å². The van der Waals surface area contributed by atoms with Crippen molar-refractivity contribution in [1.82, 2.24) is 4.90 Å². The van der Waals surface area contributed by atoms with Gasteiger partial charge in [0.2, 0.25) is 11.8 Å². The highest BCUT2D eigenvalue weighted by molar-refractivity contribution is 5.84. The van der Waals surface area contributed by atoms with Gasteiger partial charge in [0.1, 0.15) is 11.6 Å². The minimum Gasteiger partial charge on any atom is -0.368 e. The Bertz CT molecular complexity index is 537. The zero-order chi connectivity index (χ0) is 16.1. The minimum atomic E-state index is -0.657. The van der Waals surface area contributed by atoms with E-state index >= 15 is 0 Å². The lowest BCUT2D eigenvalue weighted by Gasteiger charge is -2.28. The number of hydrogen-bond donors (Lipinski definition) is 1. The van der Waals surface area contributed by atoms with E-state index in [0.717, 1.165) is 25.7 Å². The van der Waals surface area contributed by atoms with Gasteiger partial charge in [-0.15, -0.1) is 0 Å². The van der Waals surface area contributed by atoms with Crippen LogP contribution in [0.1, 0.15) is 37.7 Å². The molecule has 1 aliphatic carbocycles. The molecule has 1 aliphatic rings. The van der Waals surface area contributed by atoms with E-state index in [0.29, 0.717) is 0 Å². The molecule has 2 N–H and O–H groups in total. The summed E-state index contributed by atoms with van der Waals surface area (Å²) in [5.74, 6) is -2.17. The molecule has 120 valence electrons. The smallest absolute Gasteiger partial charge is 0.237 e. The molecule has 0 atom stereocenters. The van der Waals surface area contributed by atoms with E-state index < -0.39 is 17.5 Å². The third-order valence-electron chi connectivity index (χ3n) is 4.06. The van der Waals surface area contributed by atoms with Crippen LogP contribution < -0.4 is 5.73 Å². The van der Waals surface area contributed by atoms with Crippen molar-refractivity contribution in [2.75, 3.05) is 6.54 Å². The summed E-state index contributed by atoms with van der Waals surface area (Å²) in [5.41, 5.74) is 5.11. The highest BCUT2D eigenvalue weighted by atomic mass is 19.1. The molecule has 0 aromatic heterocycles. The summed E-state index contributed by atoms with van der Waals surface area (Å²) >= 11 is 0. The quantitative estimate of drug-likeness (QED) is 0.875. The number of rotatable bonds is 6. The van der Waals surface area contributed by atoms with Crippen LogP contribution >= 0.6 is 0 Å². The topological polar surface area (TPSA) is 63.4 Å². The normalized spacial score (nSPS) is 15.0. The maximum absolute atomic E-state index is 13.6. The SMILES string of the molecule is NC(=O)CN(C(=O)CCc1c(F)cccc1F)C1CCCC1. The highest BCUT2D eigenvalue weighted by Crippen LogP contribution is 2.24. The van der Waals surface area contributed by atoms with Crippen molar-refractivity contribution in [3.8, 4) is 0 Å². The second kappa shape index (κ2) is 7.33. The maximum Gasteiger partial charge on any atom is 0.237 e. The molecule has 0 heterocycles. The molecule has 0 aliphatic heterocycles. The zero-order valence-corrected chi connectivity index (χ0v) is 12.4. The Kier molecular flexibility index (Phi) is 5.46. The Morgan fingerprint density at radius 1 is 1.18 bits per heavy atom. The number of nitrogens with zero attached hydrogens (tertiary/aromatic N) is 1. The van der Waals surface area contributed by atoms with Gasteiger partial charge in [-0.1, -0.05) is 18.9 Å². The van der Waals surface area contributed by atoms with E-state index in [1.165, 1.54) is 23.1 Å². The average Bonchev–Trinajstić information content (AvgIpc) is 2.97. The average molecular weight is 310 g/mol. The zero-order valence-electron chi connectivity index (χ0n) is 12.4. The molecule has 0 unspecified atom stereocenters. The van der Waals surface area contributed by atoms with Gasteiger partial charge in [0.15, 0.2) is 0 Å². The number of benzene rings is 1. The summed E-state index contributed by atoms with van der Waals surface area (Å²) in [6.45, 7) is -0.136. The van der Waals surface area contributed by atoms with Gasteiger partial charge in [-0.3, -0.25) is 9.59 Å². The Labute approximate surface area is 128 Å². The molecule has 0 radical (unpaired) electrons. The summed E-state index contributed by atoms with van der Waals surface area (Å²) in [6, 6.07) is 3.63. The summed E-state index contributed by atoms with van der Waals surface area (Å²) < 4.78 is 27.1. The minimum absolute atomic E-state index is 0.00506. The molecular weight excluding hydrogens is 290 g/mol. The molecule has 6 heteroatoms. The van der Waals surface area contributed by atoms with E-state index in [1.54, 1.807) is 0 Å². The van der Waals surface area contributed by atoms with Gasteiger partial charge in [0.25, 0.3) is 0 Å². The molecule has 0 saturated heterocycles. The molecule has 1 aromatic carbocycles. The lowest BCUT2D eigenvalue weighted by atomic mass is 10.1. The second-order valence-corrected chi connectivity index (χ2v) is 5.63. The van der Waals surface area contributed by atoms with Crippen molar-refractivity contribution < 1.29 is 18.4 Å².